The first-order valence-corrected chi connectivity index (χ1v) is 37.6. The van der Waals surface area contributed by atoms with Crippen molar-refractivity contribution in [3.05, 3.63) is 20.9 Å². The minimum absolute atomic E-state index is 0. The van der Waals surface area contributed by atoms with Crippen LogP contribution in [0.25, 0.3) is 20.9 Å². The normalized spacial score (nSPS) is 50.0. The van der Waals surface area contributed by atoms with Crippen LogP contribution in [0.2, 0.25) is 0 Å². The summed E-state index contributed by atoms with van der Waals surface area (Å²) in [5.74, 6) is 0. The van der Waals surface area contributed by atoms with Gasteiger partial charge in [-0.3, -0.25) is 0 Å². The molecule has 0 radical (unpaired) electrons. The minimum atomic E-state index is -1.74. The predicted molar refractivity (Wildman–Crippen MR) is 374 cm³/mol. The summed E-state index contributed by atoms with van der Waals surface area (Å²) in [6.07, 6.45) is -69.0. The average Bonchev–Trinajstić information content (AvgIpc) is 0.807. The van der Waals surface area contributed by atoms with Gasteiger partial charge in [0.25, 0.3) is 0 Å². The number of nitrogens with zero attached hydrogens (tertiary/aromatic N) is 6. The lowest BCUT2D eigenvalue weighted by atomic mass is 9.97. The molecule has 0 saturated carbocycles. The van der Waals surface area contributed by atoms with E-state index in [1.54, 1.807) is 27.7 Å². The maximum atomic E-state index is 12.8. The zero-order chi connectivity index (χ0) is 88.7. The number of azide groups is 2. The lowest BCUT2D eigenvalue weighted by Crippen LogP contribution is -2.63. The van der Waals surface area contributed by atoms with Crippen LogP contribution in [0.15, 0.2) is 10.2 Å². The highest BCUT2D eigenvalue weighted by molar-refractivity contribution is 5.00. The molecule has 10 rings (SSSR count). The molecule has 698 valence electrons. The van der Waals surface area contributed by atoms with Crippen molar-refractivity contribution in [2.45, 2.75) is 375 Å². The van der Waals surface area contributed by atoms with Gasteiger partial charge in [0.2, 0.25) is 0 Å². The van der Waals surface area contributed by atoms with Crippen LogP contribution in [0.5, 0.6) is 0 Å². The molecule has 0 aliphatic carbocycles. The third-order valence-electron chi connectivity index (χ3n) is 21.0. The van der Waals surface area contributed by atoms with E-state index in [-0.39, 0.29) is 14.0 Å². The molecule has 20 unspecified atom stereocenters. The lowest BCUT2D eigenvalue weighted by Gasteiger charge is -2.44. The second-order valence-electron chi connectivity index (χ2n) is 28.9. The Morgan fingerprint density at radius 1 is 0.261 bits per heavy atom. The third-order valence-corrected chi connectivity index (χ3v) is 21.0. The quantitative estimate of drug-likeness (QED) is 0.0288. The van der Waals surface area contributed by atoms with E-state index in [0.29, 0.717) is 25.7 Å². The summed E-state index contributed by atoms with van der Waals surface area (Å²) in [7, 11) is 0. The molecule has 0 aromatic carbocycles. The average molecular weight is 1760 g/mol. The molecule has 10 fully saturated rings. The molecule has 10 aliphatic rings. The summed E-state index contributed by atoms with van der Waals surface area (Å²) < 4.78 is 91.5. The molecule has 10 aliphatic heterocycles. The predicted octanol–water partition coefficient (Wildman–Crippen LogP) is -16.0. The number of aliphatic hydroxyl groups is 32. The zero-order valence-electron chi connectivity index (χ0n) is 63.7. The largest absolute Gasteiger partial charge is 0.394 e. The van der Waals surface area contributed by atoms with Crippen molar-refractivity contribution in [1.29, 1.82) is 0 Å². The number of hydrogen-bond donors (Lipinski definition) is 32. The summed E-state index contributed by atoms with van der Waals surface area (Å²) in [4.78, 5) is 5.03. The van der Waals surface area contributed by atoms with E-state index >= 15 is 0 Å². The molecule has 53 nitrogen and oxygen atoms in total. The van der Waals surface area contributed by atoms with Crippen LogP contribution in [-0.2, 0) is 71.1 Å². The Balaban J connectivity index is 0.000000265. The van der Waals surface area contributed by atoms with Crippen molar-refractivity contribution in [2.24, 2.45) is 10.2 Å². The second-order valence-corrected chi connectivity index (χ2v) is 28.9. The van der Waals surface area contributed by atoms with E-state index in [1.165, 1.54) is 6.92 Å². The van der Waals surface area contributed by atoms with Crippen LogP contribution < -0.4 is 0 Å². The van der Waals surface area contributed by atoms with E-state index in [4.69, 9.17) is 92.3 Å². The first kappa shape index (κ1) is 106. The van der Waals surface area contributed by atoms with E-state index < -0.39 is 333 Å². The number of halogens is 1. The van der Waals surface area contributed by atoms with Crippen molar-refractivity contribution in [2.75, 3.05) is 33.0 Å². The van der Waals surface area contributed by atoms with Crippen LogP contribution in [0.4, 0.5) is 4.39 Å². The molecule has 32 N–H and O–H groups in total. The topological polar surface area (TPSA) is 883 Å². The van der Waals surface area contributed by atoms with Gasteiger partial charge in [-0.05, 0) is 43.7 Å². The molecule has 10 saturated heterocycles. The van der Waals surface area contributed by atoms with Gasteiger partial charge in [-0.25, -0.2) is 4.39 Å². The standard InChI is InChI=1S/C13H23FO9.C13H23N3O9.C13H24O10.C13H24O9.C12H21N3O10.CH4/c1-2-4-6(15)8(17)10(19)12(21-4)23-13-11(20)9(18)7(16)5(3-14)22-13;1-2-4-6(17)8(19)10(21)12(23-4)25-13-11(22)9(20)7(18)5(24-13)3-15-16-14;1-2-4-6(15)8(17)10(19)12(21-4)23-13-11(20)9(18)7(16)5(3-14)22-13;1-3-5-7(15)9(17)11(19)13(21-5)22-12-10(18)8(16)6(14)4(2)20-12;13-15-14-5-3(1-16)23-11(9(21)7(5)19)25-12-10(22)8(20)6(18)4(2-17)24-12;/h4-13,15-20H,2-3H2,1H3;4-13,17-22H,2-3H2,1H3;4-20H,2-3H2,1H3;4-19H,3H2,1-2H3;3-12,16-22H,1-2H2;1H4/t2*4?,5?,6-,7-,8?,9+,10-,11?,12-,13-;4?,5?,6-,7+,8?,9+,10-,11?,12-,13-;4?,5?,6-,7-,8+,9?,10?,11-,12-,13-;3?,4?,5-,6-,7+,8?,9?,10-,11-,12-;/m11111./s1. The Labute approximate surface area is 676 Å². The van der Waals surface area contributed by atoms with Gasteiger partial charge < -0.3 is 234 Å². The van der Waals surface area contributed by atoms with E-state index in [9.17, 15) is 158 Å². The molecule has 54 heteroatoms. The van der Waals surface area contributed by atoms with Crippen LogP contribution in [0.1, 0.15) is 67.7 Å². The molecular formula is C65H119FN6O47. The molecule has 0 spiro atoms. The number of alkyl halides is 1. The van der Waals surface area contributed by atoms with Gasteiger partial charge in [0.1, 0.15) is 196 Å². The smallest absolute Gasteiger partial charge is 0.189 e. The van der Waals surface area contributed by atoms with Gasteiger partial charge in [-0.2, -0.15) is 0 Å². The molecule has 0 bridgehead atoms. The van der Waals surface area contributed by atoms with Gasteiger partial charge in [0, 0.05) is 9.82 Å². The first-order valence-electron chi connectivity index (χ1n) is 37.6. The summed E-state index contributed by atoms with van der Waals surface area (Å²) in [6, 6.07) is -1.28. The van der Waals surface area contributed by atoms with E-state index in [0.717, 1.165) is 0 Å². The fourth-order valence-corrected chi connectivity index (χ4v) is 13.4. The van der Waals surface area contributed by atoms with Crippen molar-refractivity contribution in [1.82, 2.24) is 0 Å². The zero-order valence-corrected chi connectivity index (χ0v) is 63.7. The Morgan fingerprint density at radius 3 is 0.706 bits per heavy atom. The van der Waals surface area contributed by atoms with Gasteiger partial charge >= 0.3 is 0 Å². The lowest BCUT2D eigenvalue weighted by molar-refractivity contribution is -0.375. The molecular weight excluding hydrogens is 1640 g/mol. The van der Waals surface area contributed by atoms with E-state index in [2.05, 4.69) is 20.1 Å². The Hall–Kier alpha value is -3.33. The van der Waals surface area contributed by atoms with Crippen LogP contribution in [-0.4, -0.2) is 503 Å². The number of ether oxygens (including phenoxy) is 15. The Bertz CT molecular complexity index is 2810. The maximum absolute atomic E-state index is 12.8. The van der Waals surface area contributed by atoms with Crippen LogP contribution in [0.3, 0.4) is 0 Å². The van der Waals surface area contributed by atoms with Crippen molar-refractivity contribution >= 4 is 0 Å². The molecule has 0 aromatic heterocycles. The number of aliphatic hydroxyl groups excluding tert-OH is 32. The fourth-order valence-electron chi connectivity index (χ4n) is 13.4. The fraction of sp³-hybridized carbons (Fsp3) is 1.00. The van der Waals surface area contributed by atoms with Gasteiger partial charge in [0.05, 0.1) is 81.2 Å². The summed E-state index contributed by atoms with van der Waals surface area (Å²) >= 11 is 0. The second kappa shape index (κ2) is 48.6. The van der Waals surface area contributed by atoms with Crippen LogP contribution in [0, 0.1) is 0 Å². The van der Waals surface area contributed by atoms with Crippen molar-refractivity contribution < 1.29 is 239 Å². The molecule has 10 heterocycles. The summed E-state index contributed by atoms with van der Waals surface area (Å²) in [6.45, 7) is 4.86. The minimum Gasteiger partial charge on any atom is -0.394 e. The van der Waals surface area contributed by atoms with E-state index in [1.807, 2.05) is 0 Å². The van der Waals surface area contributed by atoms with Gasteiger partial charge in [-0.1, -0.05) is 45.4 Å². The number of rotatable bonds is 21. The summed E-state index contributed by atoms with van der Waals surface area (Å²) in [5.41, 5.74) is 16.8. The maximum Gasteiger partial charge on any atom is 0.189 e. The molecule has 0 amide bonds. The molecule has 119 heavy (non-hydrogen) atoms. The van der Waals surface area contributed by atoms with Gasteiger partial charge in [-0.15, -0.1) is 0 Å². The highest BCUT2D eigenvalue weighted by atomic mass is 19.1. The van der Waals surface area contributed by atoms with Crippen molar-refractivity contribution in [3.8, 4) is 0 Å². The number of hydrogen-bond acceptors (Lipinski definition) is 49. The summed E-state index contributed by atoms with van der Waals surface area (Å²) in [5, 5.41) is 319. The Kier molecular flexibility index (Phi) is 43.3. The third kappa shape index (κ3) is 25.3. The van der Waals surface area contributed by atoms with Crippen LogP contribution >= 0.6 is 0 Å². The first-order chi connectivity index (χ1) is 55.6. The highest BCUT2D eigenvalue weighted by Crippen LogP contribution is 2.36. The molecule has 50 atom stereocenters. The monoisotopic (exact) mass is 1750 g/mol. The highest BCUT2D eigenvalue weighted by Gasteiger charge is 2.56. The SMILES string of the molecule is C.CCC1O[C@H](O[C@H]2OC(C)[C@@H](O)[C@H](O)C2O)[C@H](O)C(O)[C@@H]1O.CCC1O[C@H](O[C@H]2OC(CF)[C@@H](O)[C@H](O)C2O)[C@H](O)C(O)[C@@H]1O.CCC1O[C@H](O[C@H]2OC(CN=[N+]=[N-])[C@@H](O)[C@H](O)C2O)[C@H](O)C(O)[C@@H]1O.CCC1O[C@H](O[C@H]2OC(CO)[C@H](O)[C@H](O)C2O)[C@H](O)C(O)[C@@H]1O.[N-]=[N+]=N[C@@H]1C(CO)O[C@H](O[C@H]2OC(CO)[C@@H](O)C(O)[C@H]2O)C(O)[C@H]1O. The van der Waals surface area contributed by atoms with Gasteiger partial charge in [0.15, 0.2) is 62.9 Å². The molecule has 0 aromatic rings. The Morgan fingerprint density at radius 2 is 0.462 bits per heavy atom. The van der Waals surface area contributed by atoms with Crippen molar-refractivity contribution in [3.63, 3.8) is 0 Å².